The third-order valence-electron chi connectivity index (χ3n) is 4.63. The Morgan fingerprint density at radius 2 is 1.88 bits per heavy atom. The summed E-state index contributed by atoms with van der Waals surface area (Å²) in [6.45, 7) is 11.0. The van der Waals surface area contributed by atoms with E-state index in [1.54, 1.807) is 0 Å². The fourth-order valence-electron chi connectivity index (χ4n) is 3.48. The lowest BCUT2D eigenvalue weighted by molar-refractivity contribution is 0.0438. The van der Waals surface area contributed by atoms with Crippen molar-refractivity contribution in [2.24, 2.45) is 5.41 Å². The molecular formula is C14H28N2. The molecule has 0 saturated carbocycles. The van der Waals surface area contributed by atoms with Crippen molar-refractivity contribution in [2.45, 2.75) is 65.0 Å². The summed E-state index contributed by atoms with van der Waals surface area (Å²) in [6, 6.07) is 1.59. The normalized spacial score (nSPS) is 42.2. The van der Waals surface area contributed by atoms with Gasteiger partial charge in [0.15, 0.2) is 0 Å². The van der Waals surface area contributed by atoms with Gasteiger partial charge in [-0.3, -0.25) is 4.90 Å². The van der Waals surface area contributed by atoms with Gasteiger partial charge >= 0.3 is 0 Å². The maximum Gasteiger partial charge on any atom is 0.00699 e. The molecule has 0 aromatic heterocycles. The summed E-state index contributed by atoms with van der Waals surface area (Å²) in [6.07, 6.45) is 6.97. The number of nitrogens with one attached hydrogen (secondary N) is 1. The molecule has 0 aromatic rings. The molecule has 16 heavy (non-hydrogen) atoms. The number of piperidine rings is 2. The summed E-state index contributed by atoms with van der Waals surface area (Å²) in [4.78, 5) is 2.76. The minimum absolute atomic E-state index is 0.512. The Bertz CT molecular complexity index is 211. The van der Waals surface area contributed by atoms with Crippen molar-refractivity contribution in [2.75, 3.05) is 19.6 Å². The third kappa shape index (κ3) is 2.78. The largest absolute Gasteiger partial charge is 0.316 e. The van der Waals surface area contributed by atoms with Crippen molar-refractivity contribution < 1.29 is 0 Å². The van der Waals surface area contributed by atoms with E-state index in [4.69, 9.17) is 0 Å². The van der Waals surface area contributed by atoms with Gasteiger partial charge in [-0.25, -0.2) is 0 Å². The SMILES string of the molecule is CC1CCCC(C)N1CC1(C)CCCNC1. The molecule has 3 atom stereocenters. The van der Waals surface area contributed by atoms with Gasteiger partial charge in [-0.1, -0.05) is 13.3 Å². The third-order valence-corrected chi connectivity index (χ3v) is 4.63. The monoisotopic (exact) mass is 224 g/mol. The smallest absolute Gasteiger partial charge is 0.00699 e. The van der Waals surface area contributed by atoms with E-state index in [0.717, 1.165) is 12.1 Å². The Hall–Kier alpha value is -0.0800. The molecule has 1 N–H and O–H groups in total. The molecule has 0 aromatic carbocycles. The molecule has 0 bridgehead atoms. The average Bonchev–Trinajstić information content (AvgIpc) is 2.25. The first kappa shape index (κ1) is 12.4. The number of likely N-dealkylation sites (tertiary alicyclic amines) is 1. The van der Waals surface area contributed by atoms with Gasteiger partial charge in [0.2, 0.25) is 0 Å². The van der Waals surface area contributed by atoms with Crippen LogP contribution >= 0.6 is 0 Å². The van der Waals surface area contributed by atoms with Crippen LogP contribution in [0.5, 0.6) is 0 Å². The lowest BCUT2D eigenvalue weighted by Crippen LogP contribution is -2.52. The number of rotatable bonds is 2. The summed E-state index contributed by atoms with van der Waals surface area (Å²) in [5, 5.41) is 3.57. The zero-order valence-electron chi connectivity index (χ0n) is 11.3. The average molecular weight is 224 g/mol. The Balaban J connectivity index is 1.95. The van der Waals surface area contributed by atoms with E-state index >= 15 is 0 Å². The van der Waals surface area contributed by atoms with Crippen LogP contribution in [0.4, 0.5) is 0 Å². The van der Waals surface area contributed by atoms with Crippen LogP contribution in [-0.4, -0.2) is 36.6 Å². The molecule has 2 aliphatic rings. The molecule has 0 spiro atoms. The standard InChI is InChI=1S/C14H28N2/c1-12-6-4-7-13(2)16(12)11-14(3)8-5-9-15-10-14/h12-13,15H,4-11H2,1-3H3. The van der Waals surface area contributed by atoms with Gasteiger partial charge in [0.05, 0.1) is 0 Å². The van der Waals surface area contributed by atoms with Crippen molar-refractivity contribution >= 4 is 0 Å². The summed E-state index contributed by atoms with van der Waals surface area (Å²) < 4.78 is 0. The molecule has 94 valence electrons. The highest BCUT2D eigenvalue weighted by molar-refractivity contribution is 4.89. The fourth-order valence-corrected chi connectivity index (χ4v) is 3.48. The lowest BCUT2D eigenvalue weighted by atomic mass is 9.80. The van der Waals surface area contributed by atoms with E-state index in [2.05, 4.69) is 31.0 Å². The molecule has 2 fully saturated rings. The molecule has 2 heterocycles. The highest BCUT2D eigenvalue weighted by Crippen LogP contribution is 2.31. The van der Waals surface area contributed by atoms with Crippen LogP contribution in [0.3, 0.4) is 0 Å². The Morgan fingerprint density at radius 1 is 1.19 bits per heavy atom. The van der Waals surface area contributed by atoms with Gasteiger partial charge in [0, 0.05) is 25.2 Å². The first-order valence-electron chi connectivity index (χ1n) is 7.07. The fraction of sp³-hybridized carbons (Fsp3) is 1.00. The van der Waals surface area contributed by atoms with E-state index in [0.29, 0.717) is 5.41 Å². The Kier molecular flexibility index (Phi) is 3.91. The van der Waals surface area contributed by atoms with Gasteiger partial charge in [-0.05, 0) is 51.5 Å². The van der Waals surface area contributed by atoms with Crippen molar-refractivity contribution in [1.82, 2.24) is 10.2 Å². The lowest BCUT2D eigenvalue weighted by Gasteiger charge is -2.46. The number of hydrogen-bond acceptors (Lipinski definition) is 2. The Morgan fingerprint density at radius 3 is 2.44 bits per heavy atom. The van der Waals surface area contributed by atoms with Crippen LogP contribution in [0.25, 0.3) is 0 Å². The van der Waals surface area contributed by atoms with Crippen LogP contribution < -0.4 is 5.32 Å². The van der Waals surface area contributed by atoms with E-state index in [1.165, 1.54) is 51.7 Å². The molecule has 2 aliphatic heterocycles. The van der Waals surface area contributed by atoms with Crippen LogP contribution in [0, 0.1) is 5.41 Å². The highest BCUT2D eigenvalue weighted by Gasteiger charge is 2.33. The summed E-state index contributed by atoms with van der Waals surface area (Å²) in [5.74, 6) is 0. The topological polar surface area (TPSA) is 15.3 Å². The maximum atomic E-state index is 3.57. The number of nitrogens with zero attached hydrogens (tertiary/aromatic N) is 1. The quantitative estimate of drug-likeness (QED) is 0.776. The number of hydrogen-bond donors (Lipinski definition) is 1. The molecule has 2 heteroatoms. The zero-order valence-corrected chi connectivity index (χ0v) is 11.3. The second-order valence-corrected chi connectivity index (χ2v) is 6.39. The van der Waals surface area contributed by atoms with Gasteiger partial charge < -0.3 is 5.32 Å². The minimum atomic E-state index is 0.512. The predicted octanol–water partition coefficient (Wildman–Crippen LogP) is 2.64. The van der Waals surface area contributed by atoms with Crippen LogP contribution in [-0.2, 0) is 0 Å². The van der Waals surface area contributed by atoms with Crippen molar-refractivity contribution in [3.63, 3.8) is 0 Å². The second-order valence-electron chi connectivity index (χ2n) is 6.39. The van der Waals surface area contributed by atoms with Gasteiger partial charge in [0.25, 0.3) is 0 Å². The molecule has 2 rings (SSSR count). The molecule has 3 unspecified atom stereocenters. The van der Waals surface area contributed by atoms with Gasteiger partial charge in [0.1, 0.15) is 0 Å². The second kappa shape index (κ2) is 5.05. The van der Waals surface area contributed by atoms with Crippen LogP contribution in [0.2, 0.25) is 0 Å². The van der Waals surface area contributed by atoms with Gasteiger partial charge in [-0.2, -0.15) is 0 Å². The van der Waals surface area contributed by atoms with Gasteiger partial charge in [-0.15, -0.1) is 0 Å². The molecule has 2 nitrogen and oxygen atoms in total. The van der Waals surface area contributed by atoms with Crippen LogP contribution in [0.15, 0.2) is 0 Å². The zero-order chi connectivity index (χ0) is 11.6. The summed E-state index contributed by atoms with van der Waals surface area (Å²) in [7, 11) is 0. The molecule has 0 amide bonds. The highest BCUT2D eigenvalue weighted by atomic mass is 15.2. The van der Waals surface area contributed by atoms with Crippen molar-refractivity contribution in [3.05, 3.63) is 0 Å². The molecule has 2 saturated heterocycles. The molecule has 0 aliphatic carbocycles. The maximum absolute atomic E-state index is 3.57. The first-order valence-corrected chi connectivity index (χ1v) is 7.07. The van der Waals surface area contributed by atoms with E-state index in [1.807, 2.05) is 0 Å². The summed E-state index contributed by atoms with van der Waals surface area (Å²) in [5.41, 5.74) is 0.512. The minimum Gasteiger partial charge on any atom is -0.316 e. The van der Waals surface area contributed by atoms with E-state index < -0.39 is 0 Å². The molecule has 0 radical (unpaired) electrons. The summed E-state index contributed by atoms with van der Waals surface area (Å²) >= 11 is 0. The first-order chi connectivity index (χ1) is 7.61. The van der Waals surface area contributed by atoms with E-state index in [9.17, 15) is 0 Å². The Labute approximate surface area is 101 Å². The van der Waals surface area contributed by atoms with E-state index in [-0.39, 0.29) is 0 Å². The molecular weight excluding hydrogens is 196 g/mol. The predicted molar refractivity (Wildman–Crippen MR) is 69.7 cm³/mol. The van der Waals surface area contributed by atoms with Crippen molar-refractivity contribution in [1.29, 1.82) is 0 Å². The van der Waals surface area contributed by atoms with Crippen molar-refractivity contribution in [3.8, 4) is 0 Å². The van der Waals surface area contributed by atoms with Crippen LogP contribution in [0.1, 0.15) is 52.9 Å².